The van der Waals surface area contributed by atoms with Crippen molar-refractivity contribution >= 4 is 16.0 Å². The highest BCUT2D eigenvalue weighted by atomic mass is 32.2. The fourth-order valence-electron chi connectivity index (χ4n) is 3.14. The van der Waals surface area contributed by atoms with Crippen LogP contribution in [0.2, 0.25) is 0 Å². The third-order valence-electron chi connectivity index (χ3n) is 4.41. The van der Waals surface area contributed by atoms with Gasteiger partial charge in [-0.25, -0.2) is 4.98 Å². The van der Waals surface area contributed by atoms with Crippen molar-refractivity contribution in [1.29, 1.82) is 0 Å². The van der Waals surface area contributed by atoms with Crippen LogP contribution in [0.3, 0.4) is 0 Å². The van der Waals surface area contributed by atoms with E-state index in [4.69, 9.17) is 0 Å². The second-order valence-electron chi connectivity index (χ2n) is 6.13. The summed E-state index contributed by atoms with van der Waals surface area (Å²) in [6.45, 7) is 4.97. The number of anilines is 1. The first-order valence-electron chi connectivity index (χ1n) is 8.00. The number of rotatable bonds is 4. The average Bonchev–Trinajstić information content (AvgIpc) is 3.03. The molecule has 3 heterocycles. The molecule has 2 fully saturated rings. The third-order valence-corrected chi connectivity index (χ3v) is 6.09. The zero-order valence-corrected chi connectivity index (χ0v) is 13.8. The van der Waals surface area contributed by atoms with E-state index in [2.05, 4.69) is 14.6 Å². The number of hydrogen-bond acceptors (Lipinski definition) is 4. The van der Waals surface area contributed by atoms with Crippen molar-refractivity contribution in [3.05, 3.63) is 23.9 Å². The SMILES string of the molecule is Cc1cccc(N2CCC(NS(=O)(=O)N3CCCC3)CC2)n1. The van der Waals surface area contributed by atoms with Crippen LogP contribution in [0, 0.1) is 6.92 Å². The Morgan fingerprint density at radius 3 is 2.45 bits per heavy atom. The van der Waals surface area contributed by atoms with E-state index in [0.29, 0.717) is 13.1 Å². The lowest BCUT2D eigenvalue weighted by atomic mass is 10.1. The minimum atomic E-state index is -3.30. The quantitative estimate of drug-likeness (QED) is 0.906. The van der Waals surface area contributed by atoms with Crippen molar-refractivity contribution in [2.75, 3.05) is 31.1 Å². The van der Waals surface area contributed by atoms with Crippen molar-refractivity contribution in [2.45, 2.75) is 38.6 Å². The van der Waals surface area contributed by atoms with Gasteiger partial charge in [-0.3, -0.25) is 0 Å². The number of aromatic nitrogens is 1. The highest BCUT2D eigenvalue weighted by molar-refractivity contribution is 7.87. The van der Waals surface area contributed by atoms with Crippen LogP contribution >= 0.6 is 0 Å². The van der Waals surface area contributed by atoms with E-state index < -0.39 is 10.2 Å². The molecule has 0 spiro atoms. The number of nitrogens with zero attached hydrogens (tertiary/aromatic N) is 3. The summed E-state index contributed by atoms with van der Waals surface area (Å²) in [6.07, 6.45) is 3.59. The highest BCUT2D eigenvalue weighted by Gasteiger charge is 2.29. The lowest BCUT2D eigenvalue weighted by molar-refractivity contribution is 0.420. The summed E-state index contributed by atoms with van der Waals surface area (Å²) in [4.78, 5) is 6.77. The largest absolute Gasteiger partial charge is 0.356 e. The number of hydrogen-bond donors (Lipinski definition) is 1. The summed E-state index contributed by atoms with van der Waals surface area (Å²) < 4.78 is 29.0. The molecule has 1 aromatic heterocycles. The van der Waals surface area contributed by atoms with Gasteiger partial charge in [0.1, 0.15) is 5.82 Å². The molecule has 2 aliphatic heterocycles. The van der Waals surface area contributed by atoms with Gasteiger partial charge < -0.3 is 4.90 Å². The minimum Gasteiger partial charge on any atom is -0.356 e. The molecular weight excluding hydrogens is 300 g/mol. The maximum atomic E-state index is 12.3. The molecule has 1 aromatic rings. The van der Waals surface area contributed by atoms with Crippen molar-refractivity contribution in [3.8, 4) is 0 Å². The summed E-state index contributed by atoms with van der Waals surface area (Å²) in [6, 6.07) is 6.05. The summed E-state index contributed by atoms with van der Waals surface area (Å²) in [5.41, 5.74) is 1.01. The Morgan fingerprint density at radius 2 is 1.82 bits per heavy atom. The first kappa shape index (κ1) is 15.7. The Bertz CT molecular complexity index is 606. The lowest BCUT2D eigenvalue weighted by Crippen LogP contribution is -2.49. The van der Waals surface area contributed by atoms with E-state index in [9.17, 15) is 8.42 Å². The van der Waals surface area contributed by atoms with Gasteiger partial charge in [0.2, 0.25) is 0 Å². The highest BCUT2D eigenvalue weighted by Crippen LogP contribution is 2.20. The fraction of sp³-hybridized carbons (Fsp3) is 0.667. The summed E-state index contributed by atoms with van der Waals surface area (Å²) in [5, 5.41) is 0. The lowest BCUT2D eigenvalue weighted by Gasteiger charge is -2.33. The van der Waals surface area contributed by atoms with Gasteiger partial charge in [0.05, 0.1) is 0 Å². The van der Waals surface area contributed by atoms with Crippen molar-refractivity contribution in [2.24, 2.45) is 0 Å². The molecule has 0 radical (unpaired) electrons. The molecule has 2 saturated heterocycles. The van der Waals surface area contributed by atoms with Crippen LogP contribution in [0.15, 0.2) is 18.2 Å². The van der Waals surface area contributed by atoms with E-state index in [1.807, 2.05) is 25.1 Å². The predicted octanol–water partition coefficient (Wildman–Crippen LogP) is 1.29. The number of piperidine rings is 1. The van der Waals surface area contributed by atoms with Crippen molar-refractivity contribution in [3.63, 3.8) is 0 Å². The molecule has 0 bridgehead atoms. The van der Waals surface area contributed by atoms with Crippen LogP contribution in [0.4, 0.5) is 5.82 Å². The molecule has 3 rings (SSSR count). The van der Waals surface area contributed by atoms with Gasteiger partial charge in [0, 0.05) is 37.9 Å². The monoisotopic (exact) mass is 324 g/mol. The molecule has 2 aliphatic rings. The molecule has 0 atom stereocenters. The smallest absolute Gasteiger partial charge is 0.279 e. The Morgan fingerprint density at radius 1 is 1.14 bits per heavy atom. The minimum absolute atomic E-state index is 0.0339. The normalized spacial score (nSPS) is 21.4. The Kier molecular flexibility index (Phi) is 4.65. The van der Waals surface area contributed by atoms with Crippen LogP contribution in [0.5, 0.6) is 0 Å². The number of pyridine rings is 1. The van der Waals surface area contributed by atoms with Gasteiger partial charge in [-0.1, -0.05) is 6.07 Å². The van der Waals surface area contributed by atoms with Gasteiger partial charge in [0.25, 0.3) is 10.2 Å². The van der Waals surface area contributed by atoms with Gasteiger partial charge in [-0.15, -0.1) is 0 Å². The average molecular weight is 324 g/mol. The number of aryl methyl sites for hydroxylation is 1. The molecule has 0 saturated carbocycles. The van der Waals surface area contributed by atoms with Crippen LogP contribution < -0.4 is 9.62 Å². The predicted molar refractivity (Wildman–Crippen MR) is 87.1 cm³/mol. The maximum absolute atomic E-state index is 12.3. The molecule has 1 N–H and O–H groups in total. The van der Waals surface area contributed by atoms with Gasteiger partial charge in [-0.2, -0.15) is 17.4 Å². The molecule has 122 valence electrons. The zero-order chi connectivity index (χ0) is 15.6. The second kappa shape index (κ2) is 6.52. The zero-order valence-electron chi connectivity index (χ0n) is 13.0. The van der Waals surface area contributed by atoms with Crippen LogP contribution in [0.1, 0.15) is 31.4 Å². The van der Waals surface area contributed by atoms with Crippen molar-refractivity contribution < 1.29 is 8.42 Å². The van der Waals surface area contributed by atoms with Gasteiger partial charge >= 0.3 is 0 Å². The standard InChI is InChI=1S/C15H24N4O2S/c1-13-5-4-6-15(16-13)18-11-7-14(8-12-18)17-22(20,21)19-9-2-3-10-19/h4-6,14,17H,2-3,7-12H2,1H3. The molecule has 0 aromatic carbocycles. The fourth-order valence-corrected chi connectivity index (χ4v) is 4.69. The molecule has 0 amide bonds. The van der Waals surface area contributed by atoms with E-state index in [1.54, 1.807) is 4.31 Å². The Hall–Kier alpha value is -1.18. The first-order chi connectivity index (χ1) is 10.5. The second-order valence-corrected chi connectivity index (χ2v) is 7.83. The molecular formula is C15H24N4O2S. The molecule has 6 nitrogen and oxygen atoms in total. The molecule has 22 heavy (non-hydrogen) atoms. The van der Waals surface area contributed by atoms with Gasteiger partial charge in [0.15, 0.2) is 0 Å². The van der Waals surface area contributed by atoms with E-state index in [1.165, 1.54) is 0 Å². The maximum Gasteiger partial charge on any atom is 0.279 e. The molecule has 0 aliphatic carbocycles. The summed E-state index contributed by atoms with van der Waals surface area (Å²) >= 11 is 0. The molecule has 7 heteroatoms. The summed E-state index contributed by atoms with van der Waals surface area (Å²) in [5.74, 6) is 0.987. The van der Waals surface area contributed by atoms with Crippen LogP contribution in [-0.2, 0) is 10.2 Å². The summed E-state index contributed by atoms with van der Waals surface area (Å²) in [7, 11) is -3.30. The van der Waals surface area contributed by atoms with Crippen LogP contribution in [0.25, 0.3) is 0 Å². The Balaban J connectivity index is 1.55. The number of nitrogens with one attached hydrogen (secondary N) is 1. The van der Waals surface area contributed by atoms with Crippen LogP contribution in [-0.4, -0.2) is 49.9 Å². The molecule has 0 unspecified atom stereocenters. The topological polar surface area (TPSA) is 65.5 Å². The van der Waals surface area contributed by atoms with E-state index in [-0.39, 0.29) is 6.04 Å². The van der Waals surface area contributed by atoms with E-state index in [0.717, 1.165) is 50.3 Å². The Labute approximate surface area is 132 Å². The van der Waals surface area contributed by atoms with Gasteiger partial charge in [-0.05, 0) is 44.7 Å². The van der Waals surface area contributed by atoms with Crippen molar-refractivity contribution in [1.82, 2.24) is 14.0 Å². The third kappa shape index (κ3) is 3.59. The first-order valence-corrected chi connectivity index (χ1v) is 9.45. The van der Waals surface area contributed by atoms with E-state index >= 15 is 0 Å².